The summed E-state index contributed by atoms with van der Waals surface area (Å²) >= 11 is 1.35. The number of aliphatic hydroxyl groups is 1. The molecule has 0 aliphatic carbocycles. The lowest BCUT2D eigenvalue weighted by molar-refractivity contribution is 0.272. The maximum Gasteiger partial charge on any atom is 0.192 e. The van der Waals surface area contributed by atoms with Gasteiger partial charge in [-0.05, 0) is 38.2 Å². The molecule has 34 heavy (non-hydrogen) atoms. The van der Waals surface area contributed by atoms with Crippen molar-refractivity contribution in [2.24, 2.45) is 0 Å². The van der Waals surface area contributed by atoms with Gasteiger partial charge in [0.25, 0.3) is 0 Å². The fourth-order valence-electron chi connectivity index (χ4n) is 3.88. The van der Waals surface area contributed by atoms with E-state index in [2.05, 4.69) is 54.8 Å². The van der Waals surface area contributed by atoms with Crippen LogP contribution in [0.5, 0.6) is 0 Å². The first-order valence-electron chi connectivity index (χ1n) is 11.0. The Kier molecular flexibility index (Phi) is 7.30. The lowest BCUT2D eigenvalue weighted by Gasteiger charge is -2.23. The van der Waals surface area contributed by atoms with Crippen molar-refractivity contribution in [3.63, 3.8) is 0 Å². The van der Waals surface area contributed by atoms with Crippen LogP contribution in [0.1, 0.15) is 36.6 Å². The van der Waals surface area contributed by atoms with Crippen LogP contribution in [0.25, 0.3) is 16.6 Å². The van der Waals surface area contributed by atoms with Crippen LogP contribution in [-0.4, -0.2) is 54.6 Å². The van der Waals surface area contributed by atoms with E-state index in [1.807, 2.05) is 56.6 Å². The third-order valence-electron chi connectivity index (χ3n) is 5.60. The number of aromatic nitrogens is 5. The van der Waals surface area contributed by atoms with Gasteiger partial charge < -0.3 is 14.7 Å². The average molecular weight is 474 g/mol. The van der Waals surface area contributed by atoms with E-state index in [9.17, 15) is 10.4 Å². The van der Waals surface area contributed by atoms with Crippen molar-refractivity contribution in [2.75, 3.05) is 19.8 Å². The number of allylic oxidation sites excluding steroid dienone is 1. The summed E-state index contributed by atoms with van der Waals surface area (Å²) in [5.41, 5.74) is 2.82. The predicted octanol–water partition coefficient (Wildman–Crippen LogP) is 4.80. The van der Waals surface area contributed by atoms with Crippen LogP contribution in [0.4, 0.5) is 0 Å². The molecule has 1 atom stereocenters. The predicted molar refractivity (Wildman–Crippen MR) is 134 cm³/mol. The smallest absolute Gasteiger partial charge is 0.192 e. The second-order valence-electron chi connectivity index (χ2n) is 8.12. The highest BCUT2D eigenvalue weighted by Crippen LogP contribution is 2.28. The summed E-state index contributed by atoms with van der Waals surface area (Å²) < 4.78 is 2.09. The zero-order valence-corrected chi connectivity index (χ0v) is 20.3. The van der Waals surface area contributed by atoms with Gasteiger partial charge in [0.2, 0.25) is 0 Å². The number of para-hydroxylation sites is 2. The molecule has 9 heteroatoms. The molecule has 8 nitrogen and oxygen atoms in total. The number of nitrogens with zero attached hydrogens (tertiary/aromatic N) is 6. The first-order chi connectivity index (χ1) is 16.5. The molecular formula is C25H27N7OS. The summed E-state index contributed by atoms with van der Waals surface area (Å²) in [6.45, 7) is 2.75. The van der Waals surface area contributed by atoms with Crippen LogP contribution in [0, 0.1) is 11.3 Å². The SMILES string of the molecule is CC[C@@H](c1nnc(SCC(O)=C(C#N)c2nc3ccccc3[nH]2)n1Cc1ccccc1)N(C)C. The number of H-pyrrole nitrogens is 1. The van der Waals surface area contributed by atoms with E-state index in [0.717, 1.165) is 28.8 Å². The molecule has 0 saturated carbocycles. The number of hydrogen-bond donors (Lipinski definition) is 2. The third kappa shape index (κ3) is 4.98. The minimum absolute atomic E-state index is 0.0537. The van der Waals surface area contributed by atoms with Crippen LogP contribution < -0.4 is 0 Å². The Bertz CT molecular complexity index is 1300. The Morgan fingerprint density at radius 3 is 2.56 bits per heavy atom. The molecule has 2 aromatic heterocycles. The quantitative estimate of drug-likeness (QED) is 0.204. The van der Waals surface area contributed by atoms with Gasteiger partial charge in [-0.15, -0.1) is 10.2 Å². The number of benzene rings is 2. The van der Waals surface area contributed by atoms with Crippen molar-refractivity contribution < 1.29 is 5.11 Å². The Labute approximate surface area is 203 Å². The van der Waals surface area contributed by atoms with E-state index in [1.54, 1.807) is 0 Å². The number of nitriles is 1. The van der Waals surface area contributed by atoms with Crippen molar-refractivity contribution in [1.29, 1.82) is 5.26 Å². The first kappa shape index (κ1) is 23.5. The van der Waals surface area contributed by atoms with Gasteiger partial charge in [0.1, 0.15) is 17.4 Å². The fourth-order valence-corrected chi connectivity index (χ4v) is 4.70. The highest BCUT2D eigenvalue weighted by atomic mass is 32.2. The van der Waals surface area contributed by atoms with E-state index < -0.39 is 0 Å². The standard InChI is InChI=1S/C25H27N7OS/c1-4-21(31(2)3)24-29-30-25(32(24)15-17-10-6-5-7-11-17)34-16-22(33)18(14-26)23-27-19-12-8-9-13-20(19)28-23/h5-13,21,33H,4,15-16H2,1-3H3,(H,27,28)/t21-/m0/s1. The molecule has 0 fully saturated rings. The number of nitrogens with one attached hydrogen (secondary N) is 1. The number of thioether (sulfide) groups is 1. The van der Waals surface area contributed by atoms with Gasteiger partial charge in [-0.25, -0.2) is 4.98 Å². The first-order valence-corrected chi connectivity index (χ1v) is 12.0. The van der Waals surface area contributed by atoms with Crippen LogP contribution in [-0.2, 0) is 6.54 Å². The van der Waals surface area contributed by atoms with E-state index in [-0.39, 0.29) is 23.1 Å². The molecule has 0 saturated heterocycles. The van der Waals surface area contributed by atoms with Crippen molar-refractivity contribution in [1.82, 2.24) is 29.6 Å². The second-order valence-corrected chi connectivity index (χ2v) is 9.07. The molecule has 0 unspecified atom stereocenters. The number of rotatable bonds is 9. The zero-order chi connectivity index (χ0) is 24.1. The highest BCUT2D eigenvalue weighted by molar-refractivity contribution is 7.99. The van der Waals surface area contributed by atoms with E-state index in [0.29, 0.717) is 17.5 Å². The van der Waals surface area contributed by atoms with Gasteiger partial charge in [0.15, 0.2) is 16.8 Å². The Hall–Kier alpha value is -3.61. The van der Waals surface area contributed by atoms with Crippen molar-refractivity contribution in [3.8, 4) is 6.07 Å². The molecule has 174 valence electrons. The molecule has 2 heterocycles. The number of aliphatic hydroxyl groups excluding tert-OH is 1. The van der Waals surface area contributed by atoms with Crippen molar-refractivity contribution in [3.05, 3.63) is 77.6 Å². The van der Waals surface area contributed by atoms with Gasteiger partial charge >= 0.3 is 0 Å². The molecular weight excluding hydrogens is 446 g/mol. The minimum Gasteiger partial charge on any atom is -0.510 e. The van der Waals surface area contributed by atoms with Crippen LogP contribution in [0.3, 0.4) is 0 Å². The van der Waals surface area contributed by atoms with Crippen LogP contribution in [0.15, 0.2) is 65.5 Å². The summed E-state index contributed by atoms with van der Waals surface area (Å²) in [7, 11) is 4.06. The van der Waals surface area contributed by atoms with Gasteiger partial charge in [0.05, 0.1) is 29.4 Å². The maximum atomic E-state index is 10.8. The monoisotopic (exact) mass is 473 g/mol. The molecule has 4 rings (SSSR count). The van der Waals surface area contributed by atoms with Gasteiger partial charge in [-0.2, -0.15) is 5.26 Å². The normalized spacial score (nSPS) is 13.1. The molecule has 2 aromatic carbocycles. The average Bonchev–Trinajstić information content (AvgIpc) is 3.43. The molecule has 4 aromatic rings. The van der Waals surface area contributed by atoms with Crippen molar-refractivity contribution in [2.45, 2.75) is 31.1 Å². The van der Waals surface area contributed by atoms with E-state index in [1.165, 1.54) is 11.8 Å². The van der Waals surface area contributed by atoms with Crippen LogP contribution in [0.2, 0.25) is 0 Å². The largest absolute Gasteiger partial charge is 0.510 e. The van der Waals surface area contributed by atoms with Crippen LogP contribution >= 0.6 is 11.8 Å². The maximum absolute atomic E-state index is 10.8. The number of fused-ring (bicyclic) bond motifs is 1. The molecule has 0 aliphatic heterocycles. The lowest BCUT2D eigenvalue weighted by atomic mass is 10.2. The van der Waals surface area contributed by atoms with Gasteiger partial charge in [-0.1, -0.05) is 61.2 Å². The topological polar surface area (TPSA) is 107 Å². The summed E-state index contributed by atoms with van der Waals surface area (Å²) in [6, 6.07) is 19.9. The van der Waals surface area contributed by atoms with Gasteiger partial charge in [-0.3, -0.25) is 4.90 Å². The highest BCUT2D eigenvalue weighted by Gasteiger charge is 2.23. The summed E-state index contributed by atoms with van der Waals surface area (Å²) in [6.07, 6.45) is 0.889. The van der Waals surface area contributed by atoms with E-state index >= 15 is 0 Å². The summed E-state index contributed by atoms with van der Waals surface area (Å²) in [5.74, 6) is 1.35. The molecule has 2 N–H and O–H groups in total. The molecule has 0 spiro atoms. The number of aromatic amines is 1. The molecule has 0 bridgehead atoms. The molecule has 0 radical (unpaired) electrons. The molecule has 0 amide bonds. The lowest BCUT2D eigenvalue weighted by Crippen LogP contribution is -2.23. The number of hydrogen-bond acceptors (Lipinski definition) is 7. The Morgan fingerprint density at radius 1 is 1.15 bits per heavy atom. The van der Waals surface area contributed by atoms with Crippen molar-refractivity contribution >= 4 is 28.4 Å². The summed E-state index contributed by atoms with van der Waals surface area (Å²) in [5, 5.41) is 30.1. The Balaban J connectivity index is 1.63. The summed E-state index contributed by atoms with van der Waals surface area (Å²) in [4.78, 5) is 9.69. The fraction of sp³-hybridized carbons (Fsp3) is 0.280. The molecule has 0 aliphatic rings. The number of imidazole rings is 1. The van der Waals surface area contributed by atoms with E-state index in [4.69, 9.17) is 0 Å². The second kappa shape index (κ2) is 10.5. The zero-order valence-electron chi connectivity index (χ0n) is 19.4. The Morgan fingerprint density at radius 2 is 1.88 bits per heavy atom. The van der Waals surface area contributed by atoms with Gasteiger partial charge in [0, 0.05) is 0 Å². The minimum atomic E-state index is -0.0537. The third-order valence-corrected chi connectivity index (χ3v) is 6.58.